The molecule has 20 heavy (non-hydrogen) atoms. The van der Waals surface area contributed by atoms with Crippen molar-refractivity contribution >= 4 is 0 Å². The molecular formula is C15H14N4O. The fraction of sp³-hybridized carbons (Fsp3) is 0.133. The van der Waals surface area contributed by atoms with Crippen LogP contribution in [0.2, 0.25) is 0 Å². The summed E-state index contributed by atoms with van der Waals surface area (Å²) in [7, 11) is 1.65. The van der Waals surface area contributed by atoms with Crippen molar-refractivity contribution in [2.45, 2.75) is 6.92 Å². The van der Waals surface area contributed by atoms with Gasteiger partial charge in [-0.05, 0) is 19.1 Å². The predicted octanol–water partition coefficient (Wildman–Crippen LogP) is 2.85. The lowest BCUT2D eigenvalue weighted by Crippen LogP contribution is -1.89. The van der Waals surface area contributed by atoms with Crippen molar-refractivity contribution in [3.63, 3.8) is 0 Å². The lowest BCUT2D eigenvalue weighted by atomic mass is 10.1. The van der Waals surface area contributed by atoms with Gasteiger partial charge in [-0.1, -0.05) is 12.1 Å². The lowest BCUT2D eigenvalue weighted by Gasteiger charge is -2.02. The zero-order chi connectivity index (χ0) is 13.9. The number of aryl methyl sites for hydroxylation is 1. The highest BCUT2D eigenvalue weighted by molar-refractivity contribution is 5.64. The summed E-state index contributed by atoms with van der Waals surface area (Å²) >= 11 is 0. The zero-order valence-electron chi connectivity index (χ0n) is 11.3. The van der Waals surface area contributed by atoms with E-state index in [-0.39, 0.29) is 0 Å². The Morgan fingerprint density at radius 3 is 2.55 bits per heavy atom. The average molecular weight is 266 g/mol. The van der Waals surface area contributed by atoms with Crippen LogP contribution in [0.1, 0.15) is 5.82 Å². The number of H-pyrrole nitrogens is 1. The Hall–Kier alpha value is -2.69. The van der Waals surface area contributed by atoms with Gasteiger partial charge in [-0.25, -0.2) is 15.0 Å². The standard InChI is InChI=1S/C15H14N4O/c1-10-16-7-12(8-17-10)15-18-9-14(19-15)11-4-3-5-13(6-11)20-2/h3-9H,1-2H3,(H,18,19). The number of nitrogens with zero attached hydrogens (tertiary/aromatic N) is 3. The van der Waals surface area contributed by atoms with Gasteiger partial charge in [-0.3, -0.25) is 0 Å². The van der Waals surface area contributed by atoms with Crippen molar-refractivity contribution in [2.24, 2.45) is 0 Å². The van der Waals surface area contributed by atoms with E-state index in [0.717, 1.165) is 34.2 Å². The molecule has 5 nitrogen and oxygen atoms in total. The second-order valence-corrected chi connectivity index (χ2v) is 4.40. The molecule has 100 valence electrons. The SMILES string of the molecule is COc1cccc(-c2cnc(-c3cnc(C)nc3)[nH]2)c1. The second-order valence-electron chi connectivity index (χ2n) is 4.40. The minimum absolute atomic E-state index is 0.744. The molecule has 0 spiro atoms. The summed E-state index contributed by atoms with van der Waals surface area (Å²) in [6.07, 6.45) is 5.32. The highest BCUT2D eigenvalue weighted by Gasteiger charge is 2.07. The summed E-state index contributed by atoms with van der Waals surface area (Å²) < 4.78 is 5.23. The normalized spacial score (nSPS) is 10.5. The highest BCUT2D eigenvalue weighted by Crippen LogP contribution is 2.24. The van der Waals surface area contributed by atoms with Crippen molar-refractivity contribution in [2.75, 3.05) is 7.11 Å². The van der Waals surface area contributed by atoms with E-state index in [1.807, 2.05) is 31.2 Å². The topological polar surface area (TPSA) is 63.7 Å². The van der Waals surface area contributed by atoms with Crippen molar-refractivity contribution < 1.29 is 4.74 Å². The third kappa shape index (κ3) is 2.38. The summed E-state index contributed by atoms with van der Waals surface area (Å²) in [4.78, 5) is 16.0. The van der Waals surface area contributed by atoms with Crippen LogP contribution in [0.4, 0.5) is 0 Å². The highest BCUT2D eigenvalue weighted by atomic mass is 16.5. The Labute approximate surface area is 116 Å². The molecule has 1 aromatic carbocycles. The molecule has 1 N–H and O–H groups in total. The maximum Gasteiger partial charge on any atom is 0.140 e. The molecule has 3 rings (SSSR count). The number of benzene rings is 1. The first-order chi connectivity index (χ1) is 9.76. The molecule has 0 amide bonds. The first kappa shape index (κ1) is 12.3. The van der Waals surface area contributed by atoms with E-state index in [1.54, 1.807) is 25.7 Å². The van der Waals surface area contributed by atoms with E-state index in [4.69, 9.17) is 4.74 Å². The number of imidazole rings is 1. The van der Waals surface area contributed by atoms with Gasteiger partial charge in [0.15, 0.2) is 0 Å². The monoisotopic (exact) mass is 266 g/mol. The van der Waals surface area contributed by atoms with Crippen molar-refractivity contribution in [3.8, 4) is 28.4 Å². The van der Waals surface area contributed by atoms with Gasteiger partial charge in [0.1, 0.15) is 17.4 Å². The van der Waals surface area contributed by atoms with Gasteiger partial charge in [0.2, 0.25) is 0 Å². The number of rotatable bonds is 3. The lowest BCUT2D eigenvalue weighted by molar-refractivity contribution is 0.415. The van der Waals surface area contributed by atoms with Crippen molar-refractivity contribution in [3.05, 3.63) is 48.7 Å². The van der Waals surface area contributed by atoms with Crippen LogP contribution in [0.15, 0.2) is 42.9 Å². The maximum absolute atomic E-state index is 5.23. The molecule has 0 radical (unpaired) electrons. The number of aromatic nitrogens is 4. The van der Waals surface area contributed by atoms with Crippen LogP contribution in [0, 0.1) is 6.92 Å². The first-order valence-electron chi connectivity index (χ1n) is 6.25. The molecule has 0 bridgehead atoms. The van der Waals surface area contributed by atoms with Gasteiger partial charge >= 0.3 is 0 Å². The summed E-state index contributed by atoms with van der Waals surface area (Å²) in [5.41, 5.74) is 2.82. The molecule has 5 heteroatoms. The zero-order valence-corrected chi connectivity index (χ0v) is 11.3. The van der Waals surface area contributed by atoms with Crippen LogP contribution < -0.4 is 4.74 Å². The molecule has 0 fully saturated rings. The fourth-order valence-electron chi connectivity index (χ4n) is 1.92. The molecule has 0 aliphatic heterocycles. The number of nitrogens with one attached hydrogen (secondary N) is 1. The molecule has 0 saturated heterocycles. The minimum Gasteiger partial charge on any atom is -0.497 e. The van der Waals surface area contributed by atoms with Crippen molar-refractivity contribution in [1.29, 1.82) is 0 Å². The molecule has 0 atom stereocenters. The van der Waals surface area contributed by atoms with Gasteiger partial charge in [0, 0.05) is 18.0 Å². The third-order valence-electron chi connectivity index (χ3n) is 3.01. The Bertz CT molecular complexity index is 719. The minimum atomic E-state index is 0.744. The Balaban J connectivity index is 1.95. The van der Waals surface area contributed by atoms with Gasteiger partial charge < -0.3 is 9.72 Å². The van der Waals surface area contributed by atoms with E-state index in [9.17, 15) is 0 Å². The van der Waals surface area contributed by atoms with E-state index < -0.39 is 0 Å². The summed E-state index contributed by atoms with van der Waals surface area (Å²) in [6.45, 7) is 1.85. The van der Waals surface area contributed by atoms with Crippen molar-refractivity contribution in [1.82, 2.24) is 19.9 Å². The Morgan fingerprint density at radius 1 is 1.00 bits per heavy atom. The molecular weight excluding hydrogens is 252 g/mol. The molecule has 3 aromatic rings. The maximum atomic E-state index is 5.23. The Kier molecular flexibility index (Phi) is 3.16. The van der Waals surface area contributed by atoms with Crippen LogP contribution in [-0.4, -0.2) is 27.0 Å². The number of hydrogen-bond donors (Lipinski definition) is 1. The Morgan fingerprint density at radius 2 is 1.80 bits per heavy atom. The molecule has 0 aliphatic rings. The quantitative estimate of drug-likeness (QED) is 0.791. The summed E-state index contributed by atoms with van der Waals surface area (Å²) in [6, 6.07) is 7.83. The second kappa shape index (κ2) is 5.13. The van der Waals surface area contributed by atoms with Gasteiger partial charge in [-0.15, -0.1) is 0 Å². The molecule has 0 saturated carbocycles. The molecule has 0 aliphatic carbocycles. The van der Waals surface area contributed by atoms with Gasteiger partial charge in [0.05, 0.1) is 24.6 Å². The first-order valence-corrected chi connectivity index (χ1v) is 6.25. The predicted molar refractivity (Wildman–Crippen MR) is 76.3 cm³/mol. The van der Waals surface area contributed by atoms with E-state index in [2.05, 4.69) is 19.9 Å². The van der Waals surface area contributed by atoms with Crippen LogP contribution in [0.3, 0.4) is 0 Å². The van der Waals surface area contributed by atoms with E-state index in [1.165, 1.54) is 0 Å². The average Bonchev–Trinajstić information content (AvgIpc) is 2.98. The largest absolute Gasteiger partial charge is 0.497 e. The van der Waals surface area contributed by atoms with Crippen LogP contribution in [-0.2, 0) is 0 Å². The summed E-state index contributed by atoms with van der Waals surface area (Å²) in [5, 5.41) is 0. The number of methoxy groups -OCH3 is 1. The van der Waals surface area contributed by atoms with E-state index in [0.29, 0.717) is 0 Å². The van der Waals surface area contributed by atoms with Crippen LogP contribution in [0.5, 0.6) is 5.75 Å². The van der Waals surface area contributed by atoms with Gasteiger partial charge in [0.25, 0.3) is 0 Å². The third-order valence-corrected chi connectivity index (χ3v) is 3.01. The number of ether oxygens (including phenoxy) is 1. The molecule has 2 aromatic heterocycles. The van der Waals surface area contributed by atoms with E-state index >= 15 is 0 Å². The summed E-state index contributed by atoms with van der Waals surface area (Å²) in [5.74, 6) is 2.31. The molecule has 2 heterocycles. The van der Waals surface area contributed by atoms with Crippen LogP contribution in [0.25, 0.3) is 22.6 Å². The van der Waals surface area contributed by atoms with Crippen LogP contribution >= 0.6 is 0 Å². The van der Waals surface area contributed by atoms with Gasteiger partial charge in [-0.2, -0.15) is 0 Å². The number of hydrogen-bond acceptors (Lipinski definition) is 4. The smallest absolute Gasteiger partial charge is 0.140 e. The number of aromatic amines is 1. The molecule has 0 unspecified atom stereocenters. The fourth-order valence-corrected chi connectivity index (χ4v) is 1.92.